The predicted molar refractivity (Wildman–Crippen MR) is 111 cm³/mol. The molecule has 4 heterocycles. The van der Waals surface area contributed by atoms with Crippen LogP contribution in [0.4, 0.5) is 5.82 Å². The maximum Gasteiger partial charge on any atom is 0.160 e. The van der Waals surface area contributed by atoms with Gasteiger partial charge in [0.05, 0.1) is 5.60 Å². The molecule has 152 valence electrons. The van der Waals surface area contributed by atoms with E-state index in [2.05, 4.69) is 36.0 Å². The number of aryl methyl sites for hydroxylation is 1. The number of pyridine rings is 1. The molecule has 0 aromatic carbocycles. The molecule has 3 aromatic rings. The molecule has 1 aliphatic rings. The SMILES string of the molecule is CN(Cc1cccnc1)CC1(O)CCCN(c2ccc(-c3nccn3C)nn2)C1. The summed E-state index contributed by atoms with van der Waals surface area (Å²) >= 11 is 0. The lowest BCUT2D eigenvalue weighted by molar-refractivity contribution is -0.00352. The lowest BCUT2D eigenvalue weighted by Gasteiger charge is -2.41. The smallest absolute Gasteiger partial charge is 0.160 e. The van der Waals surface area contributed by atoms with Gasteiger partial charge in [-0.3, -0.25) is 9.88 Å². The van der Waals surface area contributed by atoms with E-state index in [1.165, 1.54) is 0 Å². The van der Waals surface area contributed by atoms with Crippen molar-refractivity contribution in [3.8, 4) is 11.5 Å². The molecular weight excluding hydrogens is 366 g/mol. The second-order valence-electron chi connectivity index (χ2n) is 7.92. The fourth-order valence-corrected chi connectivity index (χ4v) is 4.02. The van der Waals surface area contributed by atoms with Crippen LogP contribution in [-0.2, 0) is 13.6 Å². The topological polar surface area (TPSA) is 83.2 Å². The number of β-amino-alcohol motifs (C(OH)–C–C–N with tert-alkyl or cyclic N) is 1. The van der Waals surface area contributed by atoms with Crippen molar-refractivity contribution in [1.82, 2.24) is 29.6 Å². The fourth-order valence-electron chi connectivity index (χ4n) is 4.02. The molecule has 0 bridgehead atoms. The third-order valence-electron chi connectivity index (χ3n) is 5.32. The Hall–Kier alpha value is -2.84. The zero-order valence-electron chi connectivity index (χ0n) is 16.9. The molecule has 4 rings (SSSR count). The molecule has 1 fully saturated rings. The molecule has 8 nitrogen and oxygen atoms in total. The number of nitrogens with zero attached hydrogens (tertiary/aromatic N) is 7. The van der Waals surface area contributed by atoms with Crippen molar-refractivity contribution >= 4 is 5.82 Å². The van der Waals surface area contributed by atoms with E-state index in [1.807, 2.05) is 49.3 Å². The molecule has 0 spiro atoms. The highest BCUT2D eigenvalue weighted by Crippen LogP contribution is 2.26. The molecule has 1 unspecified atom stereocenters. The van der Waals surface area contributed by atoms with Crippen molar-refractivity contribution in [2.45, 2.75) is 25.0 Å². The average Bonchev–Trinajstić information content (AvgIpc) is 3.14. The number of anilines is 1. The van der Waals surface area contributed by atoms with Crippen LogP contribution in [0.3, 0.4) is 0 Å². The standard InChI is InChI=1S/C21H27N7O/c1-26(14-17-5-3-9-22-13-17)15-21(29)8-4-11-28(16-21)19-7-6-18(24-25-19)20-23-10-12-27(20)2/h3,5-7,9-10,12-13,29H,4,8,11,14-16H2,1-2H3. The van der Waals surface area contributed by atoms with Gasteiger partial charge in [-0.15, -0.1) is 10.2 Å². The molecule has 1 saturated heterocycles. The molecule has 1 aliphatic heterocycles. The number of aromatic nitrogens is 5. The van der Waals surface area contributed by atoms with Gasteiger partial charge in [0.15, 0.2) is 11.6 Å². The van der Waals surface area contributed by atoms with Crippen LogP contribution in [0.2, 0.25) is 0 Å². The number of hydrogen-bond acceptors (Lipinski definition) is 7. The van der Waals surface area contributed by atoms with Crippen molar-refractivity contribution in [1.29, 1.82) is 0 Å². The van der Waals surface area contributed by atoms with E-state index < -0.39 is 5.60 Å². The molecular formula is C21H27N7O. The van der Waals surface area contributed by atoms with Crippen LogP contribution < -0.4 is 4.90 Å². The molecule has 1 N–H and O–H groups in total. The largest absolute Gasteiger partial charge is 0.387 e. The van der Waals surface area contributed by atoms with Gasteiger partial charge >= 0.3 is 0 Å². The molecule has 0 amide bonds. The minimum atomic E-state index is -0.783. The summed E-state index contributed by atoms with van der Waals surface area (Å²) in [5.74, 6) is 1.58. The summed E-state index contributed by atoms with van der Waals surface area (Å²) in [6, 6.07) is 7.89. The van der Waals surface area contributed by atoms with Crippen LogP contribution in [0.25, 0.3) is 11.5 Å². The maximum atomic E-state index is 11.2. The first-order valence-corrected chi connectivity index (χ1v) is 9.89. The van der Waals surface area contributed by atoms with Crippen molar-refractivity contribution in [3.63, 3.8) is 0 Å². The fraction of sp³-hybridized carbons (Fsp3) is 0.429. The van der Waals surface area contributed by atoms with Crippen molar-refractivity contribution in [2.24, 2.45) is 7.05 Å². The second kappa shape index (κ2) is 8.26. The number of imidazole rings is 1. The molecule has 0 saturated carbocycles. The second-order valence-corrected chi connectivity index (χ2v) is 7.92. The van der Waals surface area contributed by atoms with Crippen LogP contribution in [-0.4, -0.2) is 67.0 Å². The number of aliphatic hydroxyl groups is 1. The zero-order valence-corrected chi connectivity index (χ0v) is 16.9. The molecule has 0 radical (unpaired) electrons. The van der Waals surface area contributed by atoms with E-state index in [-0.39, 0.29) is 0 Å². The summed E-state index contributed by atoms with van der Waals surface area (Å²) in [7, 11) is 3.97. The third kappa shape index (κ3) is 4.60. The number of piperidine rings is 1. The van der Waals surface area contributed by atoms with Crippen LogP contribution in [0, 0.1) is 0 Å². The normalized spacial score (nSPS) is 19.7. The monoisotopic (exact) mass is 393 g/mol. The van der Waals surface area contributed by atoms with Crippen LogP contribution in [0.15, 0.2) is 49.1 Å². The van der Waals surface area contributed by atoms with Crippen LogP contribution >= 0.6 is 0 Å². The lowest BCUT2D eigenvalue weighted by atomic mass is 9.92. The Labute approximate surface area is 170 Å². The highest BCUT2D eigenvalue weighted by Gasteiger charge is 2.35. The quantitative estimate of drug-likeness (QED) is 0.683. The van der Waals surface area contributed by atoms with Crippen LogP contribution in [0.5, 0.6) is 0 Å². The van der Waals surface area contributed by atoms with E-state index in [9.17, 15) is 5.11 Å². The average molecular weight is 393 g/mol. The summed E-state index contributed by atoms with van der Waals surface area (Å²) in [6.07, 6.45) is 8.97. The van der Waals surface area contributed by atoms with Gasteiger partial charge in [-0.1, -0.05) is 6.07 Å². The first-order chi connectivity index (χ1) is 14.0. The van der Waals surface area contributed by atoms with Gasteiger partial charge in [0.25, 0.3) is 0 Å². The molecule has 0 aliphatic carbocycles. The van der Waals surface area contributed by atoms with Gasteiger partial charge in [-0.25, -0.2) is 4.98 Å². The summed E-state index contributed by atoms with van der Waals surface area (Å²) in [4.78, 5) is 12.8. The summed E-state index contributed by atoms with van der Waals surface area (Å²) in [5, 5.41) is 20.0. The van der Waals surface area contributed by atoms with E-state index in [1.54, 1.807) is 12.4 Å². The van der Waals surface area contributed by atoms with Gasteiger partial charge < -0.3 is 14.6 Å². The minimum Gasteiger partial charge on any atom is -0.387 e. The Morgan fingerprint density at radius 2 is 2.10 bits per heavy atom. The Bertz CT molecular complexity index is 928. The first kappa shape index (κ1) is 19.5. The first-order valence-electron chi connectivity index (χ1n) is 9.89. The van der Waals surface area contributed by atoms with Crippen molar-refractivity contribution < 1.29 is 5.11 Å². The van der Waals surface area contributed by atoms with Gasteiger partial charge in [0.1, 0.15) is 5.69 Å². The maximum absolute atomic E-state index is 11.2. The summed E-state index contributed by atoms with van der Waals surface area (Å²) < 4.78 is 1.92. The Kier molecular flexibility index (Phi) is 5.55. The molecule has 29 heavy (non-hydrogen) atoms. The molecule has 8 heteroatoms. The Morgan fingerprint density at radius 1 is 1.21 bits per heavy atom. The number of rotatable bonds is 6. The van der Waals surface area contributed by atoms with E-state index >= 15 is 0 Å². The van der Waals surface area contributed by atoms with Crippen molar-refractivity contribution in [3.05, 3.63) is 54.6 Å². The summed E-state index contributed by atoms with van der Waals surface area (Å²) in [5.41, 5.74) is 1.10. The Morgan fingerprint density at radius 3 is 2.79 bits per heavy atom. The van der Waals surface area contributed by atoms with Gasteiger partial charge in [0.2, 0.25) is 0 Å². The summed E-state index contributed by atoms with van der Waals surface area (Å²) in [6.45, 7) is 2.76. The zero-order chi connectivity index (χ0) is 20.3. The number of hydrogen-bond donors (Lipinski definition) is 1. The highest BCUT2D eigenvalue weighted by atomic mass is 16.3. The van der Waals surface area contributed by atoms with E-state index in [0.29, 0.717) is 13.1 Å². The third-order valence-corrected chi connectivity index (χ3v) is 5.32. The highest BCUT2D eigenvalue weighted by molar-refractivity contribution is 5.52. The van der Waals surface area contributed by atoms with Crippen LogP contribution in [0.1, 0.15) is 18.4 Å². The minimum absolute atomic E-state index is 0.542. The number of likely N-dealkylation sites (N-methyl/N-ethyl adjacent to an activating group) is 1. The van der Waals surface area contributed by atoms with E-state index in [0.717, 1.165) is 48.8 Å². The van der Waals surface area contributed by atoms with Gasteiger partial charge in [0, 0.05) is 58.0 Å². The lowest BCUT2D eigenvalue weighted by Crippen LogP contribution is -2.54. The molecule has 1 atom stereocenters. The van der Waals surface area contributed by atoms with Gasteiger partial charge in [-0.2, -0.15) is 0 Å². The Balaban J connectivity index is 1.41. The van der Waals surface area contributed by atoms with Crippen molar-refractivity contribution in [2.75, 3.05) is 31.6 Å². The predicted octanol–water partition coefficient (Wildman–Crippen LogP) is 1.74. The van der Waals surface area contributed by atoms with Gasteiger partial charge in [-0.05, 0) is 43.7 Å². The molecule has 3 aromatic heterocycles. The van der Waals surface area contributed by atoms with E-state index in [4.69, 9.17) is 0 Å².